The quantitative estimate of drug-likeness (QED) is 0.489. The Kier molecular flexibility index (Phi) is 5.54. The first-order chi connectivity index (χ1) is 14.4. The van der Waals surface area contributed by atoms with Gasteiger partial charge >= 0.3 is 5.97 Å². The number of imidazole rings is 1. The van der Waals surface area contributed by atoms with Crippen LogP contribution < -0.4 is 4.74 Å². The number of hydrogen-bond acceptors (Lipinski definition) is 6. The number of aryl methyl sites for hydroxylation is 2. The number of carboxylic acid groups (broad SMARTS) is 1. The molecule has 0 saturated heterocycles. The van der Waals surface area contributed by atoms with Crippen LogP contribution in [0.3, 0.4) is 0 Å². The molecule has 8 nitrogen and oxygen atoms in total. The van der Waals surface area contributed by atoms with Gasteiger partial charge in [0.2, 0.25) is 0 Å². The van der Waals surface area contributed by atoms with E-state index in [1.54, 1.807) is 0 Å². The maximum absolute atomic E-state index is 11.5. The van der Waals surface area contributed by atoms with Gasteiger partial charge in [0.05, 0.1) is 5.69 Å². The number of aliphatic carboxylic acids is 1. The van der Waals surface area contributed by atoms with Crippen molar-refractivity contribution < 1.29 is 30.0 Å². The van der Waals surface area contributed by atoms with Crippen molar-refractivity contribution in [3.63, 3.8) is 0 Å². The van der Waals surface area contributed by atoms with E-state index < -0.39 is 30.3 Å². The fraction of sp³-hybridized carbons (Fsp3) is 0.273. The molecule has 156 valence electrons. The lowest BCUT2D eigenvalue weighted by molar-refractivity contribution is -0.156. The number of hydrogen-bond donors (Lipinski definition) is 4. The minimum atomic E-state index is -1.62. The number of nitrogens with zero attached hydrogens (tertiary/aromatic N) is 2. The predicted molar refractivity (Wildman–Crippen MR) is 106 cm³/mol. The predicted octanol–water partition coefficient (Wildman–Crippen LogP) is 1.86. The molecule has 0 aliphatic carbocycles. The summed E-state index contributed by atoms with van der Waals surface area (Å²) in [5.41, 5.74) is 1.61. The highest BCUT2D eigenvalue weighted by molar-refractivity contribution is 5.73. The number of aliphatic hydroxyl groups is 3. The van der Waals surface area contributed by atoms with E-state index in [4.69, 9.17) is 4.74 Å². The van der Waals surface area contributed by atoms with Crippen molar-refractivity contribution in [1.82, 2.24) is 9.55 Å². The van der Waals surface area contributed by atoms with E-state index in [-0.39, 0.29) is 5.82 Å². The van der Waals surface area contributed by atoms with Gasteiger partial charge in [0.1, 0.15) is 35.6 Å². The van der Waals surface area contributed by atoms with E-state index in [0.29, 0.717) is 18.5 Å². The van der Waals surface area contributed by atoms with Crippen LogP contribution in [0, 0.1) is 0 Å². The lowest BCUT2D eigenvalue weighted by Crippen LogP contribution is -2.47. The Morgan fingerprint density at radius 1 is 0.933 bits per heavy atom. The molecule has 4 atom stereocenters. The van der Waals surface area contributed by atoms with Crippen LogP contribution in [0.15, 0.2) is 60.8 Å². The molecule has 0 saturated carbocycles. The maximum atomic E-state index is 11.5. The lowest BCUT2D eigenvalue weighted by Gasteiger charge is -2.33. The summed E-state index contributed by atoms with van der Waals surface area (Å²) in [4.78, 5) is 15.8. The highest BCUT2D eigenvalue weighted by Crippen LogP contribution is 2.33. The first kappa shape index (κ1) is 20.1. The van der Waals surface area contributed by atoms with Crippen molar-refractivity contribution in [2.45, 2.75) is 37.2 Å². The number of benzene rings is 2. The largest absolute Gasteiger partial charge is 0.480 e. The second-order valence-electron chi connectivity index (χ2n) is 7.27. The number of aromatic nitrogens is 2. The Morgan fingerprint density at radius 2 is 1.60 bits per heavy atom. The second kappa shape index (κ2) is 8.27. The third-order valence-corrected chi connectivity index (χ3v) is 5.20. The van der Waals surface area contributed by atoms with Crippen LogP contribution in [0.1, 0.15) is 29.2 Å². The highest BCUT2D eigenvalue weighted by Gasteiger charge is 2.45. The SMILES string of the molecule is O=C(O)[C@@H]1[C@@H](O)[C@H](O)[C@@H](O)c2nc(CCc3ccc(Oc4ccccc4)cc3)cn21. The first-order valence-corrected chi connectivity index (χ1v) is 9.60. The Morgan fingerprint density at radius 3 is 2.27 bits per heavy atom. The van der Waals surface area contributed by atoms with Crippen LogP contribution >= 0.6 is 0 Å². The molecule has 1 aliphatic heterocycles. The molecular weight excluding hydrogens is 388 g/mol. The van der Waals surface area contributed by atoms with Crippen molar-refractivity contribution in [3.8, 4) is 11.5 Å². The molecule has 1 aliphatic rings. The van der Waals surface area contributed by atoms with E-state index in [9.17, 15) is 25.2 Å². The van der Waals surface area contributed by atoms with Gasteiger partial charge in [-0.15, -0.1) is 0 Å². The van der Waals surface area contributed by atoms with E-state index in [0.717, 1.165) is 17.1 Å². The third-order valence-electron chi connectivity index (χ3n) is 5.20. The van der Waals surface area contributed by atoms with Gasteiger partial charge in [-0.3, -0.25) is 0 Å². The van der Waals surface area contributed by atoms with Gasteiger partial charge in [-0.2, -0.15) is 0 Å². The van der Waals surface area contributed by atoms with Crippen molar-refractivity contribution >= 4 is 5.97 Å². The summed E-state index contributed by atoms with van der Waals surface area (Å²) in [5, 5.41) is 39.5. The van der Waals surface area contributed by atoms with Gasteiger partial charge in [0.15, 0.2) is 6.04 Å². The van der Waals surface area contributed by atoms with Gasteiger partial charge in [0.25, 0.3) is 0 Å². The van der Waals surface area contributed by atoms with Crippen LogP contribution in [0.2, 0.25) is 0 Å². The van der Waals surface area contributed by atoms with E-state index in [1.165, 1.54) is 10.8 Å². The zero-order valence-electron chi connectivity index (χ0n) is 16.0. The van der Waals surface area contributed by atoms with Gasteiger partial charge in [-0.05, 0) is 42.7 Å². The van der Waals surface area contributed by atoms with Gasteiger partial charge < -0.3 is 29.7 Å². The number of fused-ring (bicyclic) bond motifs is 1. The molecule has 1 aromatic heterocycles. The number of carboxylic acids is 1. The summed E-state index contributed by atoms with van der Waals surface area (Å²) in [7, 11) is 0. The molecule has 8 heteroatoms. The van der Waals surface area contributed by atoms with Gasteiger partial charge in [-0.25, -0.2) is 9.78 Å². The zero-order valence-corrected chi connectivity index (χ0v) is 16.0. The molecule has 4 N–H and O–H groups in total. The third kappa shape index (κ3) is 3.93. The summed E-state index contributed by atoms with van der Waals surface area (Å²) >= 11 is 0. The average molecular weight is 410 g/mol. The fourth-order valence-electron chi connectivity index (χ4n) is 3.60. The highest BCUT2D eigenvalue weighted by atomic mass is 16.5. The van der Waals surface area contributed by atoms with Gasteiger partial charge in [0, 0.05) is 6.20 Å². The smallest absolute Gasteiger partial charge is 0.329 e. The molecule has 2 aromatic carbocycles. The number of aliphatic hydroxyl groups excluding tert-OH is 3. The molecule has 30 heavy (non-hydrogen) atoms. The molecule has 0 fully saturated rings. The van der Waals surface area contributed by atoms with Crippen LogP contribution in [0.5, 0.6) is 11.5 Å². The Labute approximate surface area is 172 Å². The number of carbonyl (C=O) groups is 1. The summed E-state index contributed by atoms with van der Waals surface area (Å²) in [6, 6.07) is 15.7. The lowest BCUT2D eigenvalue weighted by atomic mass is 9.96. The Bertz CT molecular complexity index is 1020. The monoisotopic (exact) mass is 410 g/mol. The molecular formula is C22H22N2O6. The van der Waals surface area contributed by atoms with E-state index in [1.807, 2.05) is 54.6 Å². The Hall–Kier alpha value is -3.20. The van der Waals surface area contributed by atoms with Crippen molar-refractivity contribution in [2.75, 3.05) is 0 Å². The van der Waals surface area contributed by atoms with Crippen LogP contribution in [0.4, 0.5) is 0 Å². The van der Waals surface area contributed by atoms with Crippen molar-refractivity contribution in [1.29, 1.82) is 0 Å². The summed E-state index contributed by atoms with van der Waals surface area (Å²) < 4.78 is 7.00. The van der Waals surface area contributed by atoms with Crippen LogP contribution in [-0.4, -0.2) is 48.2 Å². The van der Waals surface area contributed by atoms with Crippen molar-refractivity contribution in [3.05, 3.63) is 77.9 Å². The second-order valence-corrected chi connectivity index (χ2v) is 7.27. The average Bonchev–Trinajstić information content (AvgIpc) is 3.16. The minimum Gasteiger partial charge on any atom is -0.480 e. The minimum absolute atomic E-state index is 0.0433. The normalized spacial score (nSPS) is 23.0. The fourth-order valence-corrected chi connectivity index (χ4v) is 3.60. The molecule has 0 spiro atoms. The molecule has 3 aromatic rings. The van der Waals surface area contributed by atoms with Crippen LogP contribution in [0.25, 0.3) is 0 Å². The molecule has 0 unspecified atom stereocenters. The summed E-state index contributed by atoms with van der Waals surface area (Å²) in [6.45, 7) is 0. The topological polar surface area (TPSA) is 125 Å². The standard InChI is InChI=1S/C22H22N2O6/c25-18-17(22(28)29)24-12-14(23-21(24)20(27)19(18)26)9-6-13-7-10-16(11-8-13)30-15-4-2-1-3-5-15/h1-5,7-8,10-12,17-20,25-27H,6,9H2,(H,28,29)/t17-,18+,19-,20+/m0/s1. The molecule has 2 heterocycles. The molecule has 0 amide bonds. The maximum Gasteiger partial charge on any atom is 0.329 e. The molecule has 4 rings (SSSR count). The Balaban J connectivity index is 1.45. The zero-order chi connectivity index (χ0) is 21.3. The number of para-hydroxylation sites is 1. The van der Waals surface area contributed by atoms with E-state index >= 15 is 0 Å². The van der Waals surface area contributed by atoms with Crippen molar-refractivity contribution in [2.24, 2.45) is 0 Å². The van der Waals surface area contributed by atoms with E-state index in [2.05, 4.69) is 4.98 Å². The summed E-state index contributed by atoms with van der Waals surface area (Å²) in [6.07, 6.45) is -2.02. The van der Waals surface area contributed by atoms with Gasteiger partial charge in [-0.1, -0.05) is 30.3 Å². The summed E-state index contributed by atoms with van der Waals surface area (Å²) in [5.74, 6) is 0.219. The number of ether oxygens (including phenoxy) is 1. The van der Waals surface area contributed by atoms with Crippen LogP contribution in [-0.2, 0) is 17.6 Å². The first-order valence-electron chi connectivity index (χ1n) is 9.60. The molecule has 0 bridgehead atoms. The number of rotatable bonds is 6. The molecule has 0 radical (unpaired) electrons.